The van der Waals surface area contributed by atoms with Gasteiger partial charge in [0.15, 0.2) is 5.82 Å². The maximum atomic E-state index is 5.46. The second kappa shape index (κ2) is 5.36. The summed E-state index contributed by atoms with van der Waals surface area (Å²) < 4.78 is 6.25. The number of hydrogen-bond donors (Lipinski definition) is 2. The first-order valence-electron chi connectivity index (χ1n) is 7.13. The second-order valence-electron chi connectivity index (χ2n) is 5.37. The number of morpholine rings is 1. The lowest BCUT2D eigenvalue weighted by molar-refractivity contribution is 0.0981. The molecule has 2 N–H and O–H groups in total. The van der Waals surface area contributed by atoms with Crippen LogP contribution in [0.5, 0.6) is 0 Å². The Labute approximate surface area is 135 Å². The van der Waals surface area contributed by atoms with Gasteiger partial charge in [-0.05, 0) is 41.1 Å². The Balaban J connectivity index is 1.68. The van der Waals surface area contributed by atoms with Gasteiger partial charge in [-0.3, -0.25) is 5.10 Å². The highest BCUT2D eigenvalue weighted by molar-refractivity contribution is 9.10. The minimum Gasteiger partial charge on any atom is -0.377 e. The number of fused-ring (bicyclic) bond motifs is 1. The number of halogens is 1. The molecule has 1 atom stereocenters. The van der Waals surface area contributed by atoms with Crippen LogP contribution in [-0.2, 0) is 4.74 Å². The summed E-state index contributed by atoms with van der Waals surface area (Å²) in [6.45, 7) is 4.37. The van der Waals surface area contributed by atoms with Crippen LogP contribution < -0.4 is 4.90 Å². The van der Waals surface area contributed by atoms with Gasteiger partial charge in [-0.2, -0.15) is 15.2 Å². The molecule has 3 aromatic rings. The van der Waals surface area contributed by atoms with E-state index in [4.69, 9.17) is 4.74 Å². The SMILES string of the molecule is CC1COCCN1c1nc(-c2ccc3[nH]nc(Br)c3c2)n[nH]1. The van der Waals surface area contributed by atoms with Crippen molar-refractivity contribution in [1.82, 2.24) is 25.4 Å². The highest BCUT2D eigenvalue weighted by atomic mass is 79.9. The number of nitrogens with zero attached hydrogens (tertiary/aromatic N) is 4. The number of H-pyrrole nitrogens is 2. The Kier molecular flexibility index (Phi) is 3.34. The largest absolute Gasteiger partial charge is 0.377 e. The van der Waals surface area contributed by atoms with Crippen LogP contribution in [-0.4, -0.2) is 51.2 Å². The molecule has 7 nitrogen and oxygen atoms in total. The molecule has 1 aromatic carbocycles. The van der Waals surface area contributed by atoms with E-state index in [-0.39, 0.29) is 0 Å². The second-order valence-corrected chi connectivity index (χ2v) is 6.13. The van der Waals surface area contributed by atoms with Crippen LogP contribution in [0.15, 0.2) is 22.8 Å². The minimum absolute atomic E-state index is 0.292. The number of anilines is 1. The first-order valence-corrected chi connectivity index (χ1v) is 7.92. The zero-order valence-electron chi connectivity index (χ0n) is 12.0. The number of rotatable bonds is 2. The molecule has 0 radical (unpaired) electrons. The van der Waals surface area contributed by atoms with Gasteiger partial charge >= 0.3 is 0 Å². The van der Waals surface area contributed by atoms with E-state index in [1.54, 1.807) is 0 Å². The van der Waals surface area contributed by atoms with Crippen LogP contribution in [0.25, 0.3) is 22.3 Å². The van der Waals surface area contributed by atoms with Crippen LogP contribution in [0.4, 0.5) is 5.95 Å². The van der Waals surface area contributed by atoms with Gasteiger partial charge in [-0.1, -0.05) is 0 Å². The topological polar surface area (TPSA) is 82.7 Å². The number of hydrogen-bond acceptors (Lipinski definition) is 5. The molecule has 2 aromatic heterocycles. The van der Waals surface area contributed by atoms with Crippen molar-refractivity contribution in [2.45, 2.75) is 13.0 Å². The zero-order valence-corrected chi connectivity index (χ0v) is 13.6. The van der Waals surface area contributed by atoms with E-state index >= 15 is 0 Å². The molecule has 114 valence electrons. The molecule has 0 bridgehead atoms. The van der Waals surface area contributed by atoms with E-state index in [2.05, 4.69) is 53.1 Å². The Bertz CT molecular complexity index is 813. The Morgan fingerprint density at radius 2 is 2.23 bits per heavy atom. The third kappa shape index (κ3) is 2.28. The quantitative estimate of drug-likeness (QED) is 0.730. The predicted molar refractivity (Wildman–Crippen MR) is 86.8 cm³/mol. The molecule has 22 heavy (non-hydrogen) atoms. The molecule has 4 rings (SSSR count). The monoisotopic (exact) mass is 362 g/mol. The van der Waals surface area contributed by atoms with Crippen molar-refractivity contribution in [2.75, 3.05) is 24.7 Å². The lowest BCUT2D eigenvalue weighted by Gasteiger charge is -2.32. The van der Waals surface area contributed by atoms with E-state index in [1.807, 2.05) is 18.2 Å². The van der Waals surface area contributed by atoms with Crippen LogP contribution in [0, 0.1) is 0 Å². The van der Waals surface area contributed by atoms with Crippen LogP contribution >= 0.6 is 15.9 Å². The summed E-state index contributed by atoms with van der Waals surface area (Å²) >= 11 is 3.44. The molecule has 8 heteroatoms. The maximum Gasteiger partial charge on any atom is 0.222 e. The normalized spacial score (nSPS) is 19.0. The standard InChI is InChI=1S/C14H15BrN6O/c1-8-7-22-5-4-21(8)14-16-13(19-20-14)9-2-3-11-10(6-9)12(15)18-17-11/h2-3,6,8H,4-5,7H2,1H3,(H,17,18)(H,16,19,20). The fraction of sp³-hybridized carbons (Fsp3) is 0.357. The van der Waals surface area contributed by atoms with E-state index < -0.39 is 0 Å². The molecular formula is C14H15BrN6O. The van der Waals surface area contributed by atoms with Gasteiger partial charge in [0, 0.05) is 17.5 Å². The van der Waals surface area contributed by atoms with Crippen molar-refractivity contribution in [3.05, 3.63) is 22.8 Å². The summed E-state index contributed by atoms with van der Waals surface area (Å²) in [5, 5.41) is 15.5. The Morgan fingerprint density at radius 3 is 3.09 bits per heavy atom. The average molecular weight is 363 g/mol. The van der Waals surface area contributed by atoms with E-state index in [0.717, 1.165) is 33.6 Å². The van der Waals surface area contributed by atoms with Crippen LogP contribution in [0.3, 0.4) is 0 Å². The highest BCUT2D eigenvalue weighted by Gasteiger charge is 2.22. The summed E-state index contributed by atoms with van der Waals surface area (Å²) in [5.74, 6) is 1.47. The number of aromatic amines is 2. The van der Waals surface area contributed by atoms with E-state index in [0.29, 0.717) is 25.1 Å². The highest BCUT2D eigenvalue weighted by Crippen LogP contribution is 2.27. The molecule has 1 unspecified atom stereocenters. The molecule has 3 heterocycles. The van der Waals surface area contributed by atoms with Crippen molar-refractivity contribution >= 4 is 32.8 Å². The van der Waals surface area contributed by atoms with Crippen molar-refractivity contribution in [3.63, 3.8) is 0 Å². The molecule has 1 saturated heterocycles. The third-order valence-corrected chi connectivity index (χ3v) is 4.49. The molecule has 1 aliphatic heterocycles. The number of aromatic nitrogens is 5. The van der Waals surface area contributed by atoms with Crippen LogP contribution in [0.1, 0.15) is 6.92 Å². The number of ether oxygens (including phenoxy) is 1. The summed E-state index contributed by atoms with van der Waals surface area (Å²) in [6.07, 6.45) is 0. The molecule has 1 aliphatic rings. The fourth-order valence-electron chi connectivity index (χ4n) is 2.67. The molecule has 1 fully saturated rings. The fourth-order valence-corrected chi connectivity index (χ4v) is 3.09. The van der Waals surface area contributed by atoms with Gasteiger partial charge in [0.05, 0.1) is 24.8 Å². The van der Waals surface area contributed by atoms with Gasteiger partial charge < -0.3 is 9.64 Å². The number of nitrogens with one attached hydrogen (secondary N) is 2. The van der Waals surface area contributed by atoms with Crippen molar-refractivity contribution in [3.8, 4) is 11.4 Å². The first kappa shape index (κ1) is 13.7. The first-order chi connectivity index (χ1) is 10.7. The van der Waals surface area contributed by atoms with Crippen molar-refractivity contribution in [2.24, 2.45) is 0 Å². The lowest BCUT2D eigenvalue weighted by Crippen LogP contribution is -2.44. The maximum absolute atomic E-state index is 5.46. The molecule has 0 aliphatic carbocycles. The summed E-state index contributed by atoms with van der Waals surface area (Å²) in [7, 11) is 0. The lowest BCUT2D eigenvalue weighted by atomic mass is 10.1. The zero-order chi connectivity index (χ0) is 15.1. The summed E-state index contributed by atoms with van der Waals surface area (Å²) in [6, 6.07) is 6.29. The Morgan fingerprint density at radius 1 is 1.32 bits per heavy atom. The van der Waals surface area contributed by atoms with Crippen LogP contribution in [0.2, 0.25) is 0 Å². The molecule has 0 saturated carbocycles. The third-order valence-electron chi connectivity index (χ3n) is 3.89. The van der Waals surface area contributed by atoms with E-state index in [1.165, 1.54) is 0 Å². The smallest absolute Gasteiger partial charge is 0.222 e. The van der Waals surface area contributed by atoms with Gasteiger partial charge in [0.2, 0.25) is 5.95 Å². The van der Waals surface area contributed by atoms with Crippen molar-refractivity contribution < 1.29 is 4.74 Å². The molecule has 0 spiro atoms. The molecular weight excluding hydrogens is 348 g/mol. The number of benzene rings is 1. The van der Waals surface area contributed by atoms with Crippen molar-refractivity contribution in [1.29, 1.82) is 0 Å². The average Bonchev–Trinajstić information content (AvgIpc) is 3.15. The van der Waals surface area contributed by atoms with Gasteiger partial charge in [-0.15, -0.1) is 0 Å². The Hall–Kier alpha value is -1.93. The van der Waals surface area contributed by atoms with Gasteiger partial charge in [0.1, 0.15) is 4.60 Å². The molecule has 0 amide bonds. The van der Waals surface area contributed by atoms with E-state index in [9.17, 15) is 0 Å². The van der Waals surface area contributed by atoms with Gasteiger partial charge in [-0.25, -0.2) is 5.10 Å². The predicted octanol–water partition coefficient (Wildman–Crippen LogP) is 2.34. The summed E-state index contributed by atoms with van der Waals surface area (Å²) in [5.41, 5.74) is 1.94. The summed E-state index contributed by atoms with van der Waals surface area (Å²) in [4.78, 5) is 6.82. The van der Waals surface area contributed by atoms with Gasteiger partial charge in [0.25, 0.3) is 0 Å². The minimum atomic E-state index is 0.292.